The Kier molecular flexibility index (Phi) is 10.4. The fourth-order valence-electron chi connectivity index (χ4n) is 6.80. The molecular weight excluding hydrogens is 655 g/mol. The fraction of sp³-hybridized carbons (Fsp3) is 0.233. The van der Waals surface area contributed by atoms with Gasteiger partial charge < -0.3 is 19.3 Å². The number of rotatable bonds is 12. The molecule has 0 radical (unpaired) electrons. The van der Waals surface area contributed by atoms with Gasteiger partial charge in [-0.15, -0.1) is 0 Å². The maximum atomic E-state index is 5.59. The molecule has 2 aliphatic rings. The van der Waals surface area contributed by atoms with E-state index in [9.17, 15) is 0 Å². The van der Waals surface area contributed by atoms with Crippen LogP contribution in [0.25, 0.3) is 16.3 Å². The molecule has 1 aliphatic heterocycles. The van der Waals surface area contributed by atoms with E-state index in [0.29, 0.717) is 0 Å². The minimum Gasteiger partial charge on any atom is -0.497 e. The van der Waals surface area contributed by atoms with E-state index >= 15 is 0 Å². The first kappa shape index (κ1) is 33.8. The van der Waals surface area contributed by atoms with Crippen LogP contribution < -0.4 is 23.8 Å². The second kappa shape index (κ2) is 15.4. The van der Waals surface area contributed by atoms with Crippen molar-refractivity contribution in [3.63, 3.8) is 0 Å². The normalized spacial score (nSPS) is 16.0. The Hall–Kier alpha value is -4.72. The third-order valence-corrected chi connectivity index (χ3v) is 11.4. The van der Waals surface area contributed by atoms with Crippen LogP contribution in [0.3, 0.4) is 0 Å². The largest absolute Gasteiger partial charge is 0.497 e. The number of hydrogen-bond acceptors (Lipinski definition) is 6. The van der Waals surface area contributed by atoms with Gasteiger partial charge >= 0.3 is 0 Å². The van der Waals surface area contributed by atoms with Crippen molar-refractivity contribution in [1.82, 2.24) is 0 Å². The molecule has 4 aromatic carbocycles. The smallest absolute Gasteiger partial charge is 0.262 e. The summed E-state index contributed by atoms with van der Waals surface area (Å²) < 4.78 is 14.9. The average molecular weight is 699 g/mol. The van der Waals surface area contributed by atoms with Crippen LogP contribution in [-0.4, -0.2) is 20.8 Å². The molecule has 50 heavy (non-hydrogen) atoms. The molecule has 0 saturated heterocycles. The van der Waals surface area contributed by atoms with Gasteiger partial charge in [0, 0.05) is 41.4 Å². The third-order valence-electron chi connectivity index (χ3n) is 9.15. The lowest BCUT2D eigenvalue weighted by Gasteiger charge is -2.28. The van der Waals surface area contributed by atoms with Crippen molar-refractivity contribution < 1.29 is 14.0 Å². The Bertz CT molecular complexity index is 2060. The number of fused-ring (bicyclic) bond motifs is 2. The van der Waals surface area contributed by atoms with E-state index in [4.69, 9.17) is 9.47 Å². The summed E-state index contributed by atoms with van der Waals surface area (Å²) in [6.07, 6.45) is 13.4. The van der Waals surface area contributed by atoms with E-state index in [2.05, 4.69) is 150 Å². The number of ether oxygens (including phenoxy) is 2. The molecule has 5 nitrogen and oxygen atoms in total. The monoisotopic (exact) mass is 698 g/mol. The Morgan fingerprint density at radius 1 is 0.780 bits per heavy atom. The van der Waals surface area contributed by atoms with Gasteiger partial charge in [0.1, 0.15) is 22.7 Å². The molecule has 5 aromatic rings. The Morgan fingerprint density at radius 3 is 2.16 bits per heavy atom. The minimum atomic E-state index is 0.891. The van der Waals surface area contributed by atoms with E-state index in [-0.39, 0.29) is 0 Å². The number of methoxy groups -OCH3 is 2. The van der Waals surface area contributed by atoms with Gasteiger partial charge in [0.05, 0.1) is 36.7 Å². The highest BCUT2D eigenvalue weighted by atomic mass is 32.2. The van der Waals surface area contributed by atoms with Gasteiger partial charge in [-0.3, -0.25) is 0 Å². The van der Waals surface area contributed by atoms with Crippen LogP contribution in [0, 0.1) is 0 Å². The number of allylic oxidation sites excluding steroid dienone is 5. The number of nitrogens with zero attached hydrogens (tertiary/aromatic N) is 3. The van der Waals surface area contributed by atoms with Crippen LogP contribution in [0.15, 0.2) is 142 Å². The highest BCUT2D eigenvalue weighted by Crippen LogP contribution is 2.48. The average Bonchev–Trinajstić information content (AvgIpc) is 3.83. The van der Waals surface area contributed by atoms with Gasteiger partial charge in [0.2, 0.25) is 5.52 Å². The predicted octanol–water partition coefficient (Wildman–Crippen LogP) is 11.3. The lowest BCUT2D eigenvalue weighted by Crippen LogP contribution is -2.34. The lowest BCUT2D eigenvalue weighted by molar-refractivity contribution is -0.668. The Balaban J connectivity index is 1.35. The minimum absolute atomic E-state index is 0.891. The molecule has 0 saturated carbocycles. The van der Waals surface area contributed by atoms with Crippen molar-refractivity contribution in [2.75, 3.05) is 30.6 Å². The molecule has 2 heterocycles. The highest BCUT2D eigenvalue weighted by molar-refractivity contribution is 8.03. The van der Waals surface area contributed by atoms with Gasteiger partial charge in [0.15, 0.2) is 0 Å². The van der Waals surface area contributed by atoms with E-state index in [1.54, 1.807) is 14.2 Å². The molecule has 0 fully saturated rings. The van der Waals surface area contributed by atoms with Crippen molar-refractivity contribution >= 4 is 56.5 Å². The van der Waals surface area contributed by atoms with E-state index < -0.39 is 0 Å². The first-order chi connectivity index (χ1) is 24.6. The summed E-state index contributed by atoms with van der Waals surface area (Å²) in [4.78, 5) is 6.15. The number of para-hydroxylation sites is 2. The lowest BCUT2D eigenvalue weighted by atomic mass is 10.1. The number of aromatic nitrogens is 1. The molecule has 7 heteroatoms. The second-order valence-corrected chi connectivity index (χ2v) is 14.5. The SMILES string of the molecule is CCCN1/C(=C/C=C2\CCC(/C=C/c3sc4ccc(OC)cc4[n+]3CCC)=C2N(c2ccccc2)c2ccccc2)Sc2ccc(OC)cc21. The van der Waals surface area contributed by atoms with Crippen LogP contribution in [0.2, 0.25) is 0 Å². The Labute approximate surface area is 304 Å². The molecule has 7 rings (SSSR count). The number of anilines is 3. The van der Waals surface area contributed by atoms with E-state index in [1.165, 1.54) is 47.7 Å². The van der Waals surface area contributed by atoms with Gasteiger partial charge in [-0.05, 0) is 91.1 Å². The maximum Gasteiger partial charge on any atom is 0.262 e. The maximum absolute atomic E-state index is 5.59. The second-order valence-electron chi connectivity index (χ2n) is 12.4. The summed E-state index contributed by atoms with van der Waals surface area (Å²) in [7, 11) is 3.48. The van der Waals surface area contributed by atoms with Gasteiger partial charge in [-0.1, -0.05) is 79.4 Å². The quantitative estimate of drug-likeness (QED) is 0.121. The molecule has 0 amide bonds. The molecule has 254 valence electrons. The standard InChI is InChI=1S/C43H44N3O2S2/c1-5-27-44-37-29-35(47-3)21-23-39(37)49-41(44)25-19-31-17-18-32(43(31)46(33-13-9-7-10-14-33)34-15-11-8-12-16-34)20-26-42-45(28-6-2)38-30-36(48-4)22-24-40(38)50-42/h7-16,19-26,29-30H,5-6,17-18,27-28H2,1-4H3/q+1. The number of benzene rings is 4. The van der Waals surface area contributed by atoms with Gasteiger partial charge in [0.25, 0.3) is 5.01 Å². The predicted molar refractivity (Wildman–Crippen MR) is 212 cm³/mol. The summed E-state index contributed by atoms with van der Waals surface area (Å²) in [5, 5.41) is 2.50. The summed E-state index contributed by atoms with van der Waals surface area (Å²) >= 11 is 3.68. The number of thiazole rings is 1. The Morgan fingerprint density at radius 2 is 1.48 bits per heavy atom. The van der Waals surface area contributed by atoms with E-state index in [0.717, 1.165) is 61.6 Å². The summed E-state index contributed by atoms with van der Waals surface area (Å²) in [5.41, 5.74) is 8.67. The molecule has 0 N–H and O–H groups in total. The molecule has 1 aromatic heterocycles. The fourth-order valence-corrected chi connectivity index (χ4v) is 8.94. The number of aryl methyl sites for hydroxylation is 1. The molecular formula is C43H44N3O2S2+. The summed E-state index contributed by atoms with van der Waals surface area (Å²) in [5.74, 6) is 1.78. The van der Waals surface area contributed by atoms with Crippen LogP contribution in [0.5, 0.6) is 11.5 Å². The summed E-state index contributed by atoms with van der Waals surface area (Å²) in [6, 6.07) is 34.4. The van der Waals surface area contributed by atoms with Crippen molar-refractivity contribution in [3.05, 3.63) is 142 Å². The molecule has 0 unspecified atom stereocenters. The summed E-state index contributed by atoms with van der Waals surface area (Å²) in [6.45, 7) is 6.39. The van der Waals surface area contributed by atoms with Crippen LogP contribution in [0.1, 0.15) is 44.5 Å². The first-order valence-corrected chi connectivity index (χ1v) is 19.1. The topological polar surface area (TPSA) is 28.8 Å². The molecule has 1 aliphatic carbocycles. The zero-order valence-electron chi connectivity index (χ0n) is 29.3. The number of thioether (sulfide) groups is 1. The van der Waals surface area contributed by atoms with Crippen LogP contribution in [0.4, 0.5) is 17.1 Å². The zero-order valence-corrected chi connectivity index (χ0v) is 30.9. The third kappa shape index (κ3) is 6.85. The molecule has 0 spiro atoms. The number of hydrogen-bond donors (Lipinski definition) is 0. The van der Waals surface area contributed by atoms with Crippen LogP contribution in [-0.2, 0) is 6.54 Å². The van der Waals surface area contributed by atoms with Gasteiger partial charge in [-0.25, -0.2) is 0 Å². The molecule has 0 bridgehead atoms. The van der Waals surface area contributed by atoms with Crippen LogP contribution >= 0.6 is 23.1 Å². The highest BCUT2D eigenvalue weighted by Gasteiger charge is 2.28. The molecule has 0 atom stereocenters. The van der Waals surface area contributed by atoms with E-state index in [1.807, 2.05) is 23.1 Å². The van der Waals surface area contributed by atoms with Crippen molar-refractivity contribution in [2.24, 2.45) is 0 Å². The van der Waals surface area contributed by atoms with Crippen molar-refractivity contribution in [2.45, 2.75) is 51.0 Å². The van der Waals surface area contributed by atoms with Crippen molar-refractivity contribution in [3.8, 4) is 11.5 Å². The van der Waals surface area contributed by atoms with Gasteiger partial charge in [-0.2, -0.15) is 4.57 Å². The zero-order chi connectivity index (χ0) is 34.5. The van der Waals surface area contributed by atoms with Crippen molar-refractivity contribution in [1.29, 1.82) is 0 Å². The first-order valence-electron chi connectivity index (χ1n) is 17.5.